The lowest BCUT2D eigenvalue weighted by molar-refractivity contribution is 0.0918. The van der Waals surface area contributed by atoms with E-state index in [1.807, 2.05) is 4.90 Å². The van der Waals surface area contributed by atoms with Gasteiger partial charge in [-0.1, -0.05) is 5.21 Å². The lowest BCUT2D eigenvalue weighted by Gasteiger charge is -2.34. The highest BCUT2D eigenvalue weighted by atomic mass is 19.3. The van der Waals surface area contributed by atoms with Crippen LogP contribution >= 0.6 is 0 Å². The molecular formula is C21H25F3N10O. The molecule has 2 atom stereocenters. The minimum absolute atomic E-state index is 0.177. The van der Waals surface area contributed by atoms with Crippen LogP contribution in [0.1, 0.15) is 6.42 Å². The number of nitrogens with one attached hydrogen (secondary N) is 1. The topological polar surface area (TPSA) is 124 Å². The van der Waals surface area contributed by atoms with Gasteiger partial charge in [0.15, 0.2) is 11.5 Å². The third-order valence-corrected chi connectivity index (χ3v) is 6.04. The van der Waals surface area contributed by atoms with Crippen molar-refractivity contribution in [3.8, 4) is 11.3 Å². The highest BCUT2D eigenvalue weighted by molar-refractivity contribution is 5.88. The first-order chi connectivity index (χ1) is 16.9. The summed E-state index contributed by atoms with van der Waals surface area (Å²) in [6.07, 6.45) is -1.40. The molecule has 1 aliphatic heterocycles. The molecule has 0 unspecified atom stereocenters. The van der Waals surface area contributed by atoms with E-state index in [2.05, 4.69) is 30.7 Å². The van der Waals surface area contributed by atoms with E-state index in [9.17, 15) is 13.2 Å². The Morgan fingerprint density at radius 1 is 1.26 bits per heavy atom. The van der Waals surface area contributed by atoms with Gasteiger partial charge in [0.05, 0.1) is 18.3 Å². The number of hydrogen-bond acceptors (Lipinski definition) is 9. The smallest absolute Gasteiger partial charge is 0.258 e. The monoisotopic (exact) mass is 490 g/mol. The van der Waals surface area contributed by atoms with Crippen LogP contribution in [0.2, 0.25) is 0 Å². The fraction of sp³-hybridized carbons (Fsp3) is 0.476. The number of piperidine rings is 1. The van der Waals surface area contributed by atoms with Crippen molar-refractivity contribution in [1.82, 2.24) is 39.5 Å². The number of alkyl halides is 3. The summed E-state index contributed by atoms with van der Waals surface area (Å²) in [6, 6.07) is 4.68. The summed E-state index contributed by atoms with van der Waals surface area (Å²) >= 11 is 0. The molecule has 0 radical (unpaired) electrons. The Morgan fingerprint density at radius 2 is 2.11 bits per heavy atom. The number of hydrogen-bond donors (Lipinski definition) is 2. The number of aromatic nitrogens is 7. The minimum Gasteiger partial charge on any atom is -0.383 e. The van der Waals surface area contributed by atoms with Gasteiger partial charge in [0, 0.05) is 38.5 Å². The van der Waals surface area contributed by atoms with Crippen molar-refractivity contribution in [1.29, 1.82) is 0 Å². The number of ether oxygens (including phenoxy) is 1. The molecule has 0 bridgehead atoms. The van der Waals surface area contributed by atoms with Gasteiger partial charge >= 0.3 is 0 Å². The van der Waals surface area contributed by atoms with Crippen LogP contribution in [0.5, 0.6) is 0 Å². The van der Waals surface area contributed by atoms with Crippen LogP contribution in [-0.2, 0) is 11.3 Å². The average molecular weight is 490 g/mol. The van der Waals surface area contributed by atoms with Gasteiger partial charge in [-0.3, -0.25) is 4.90 Å². The maximum absolute atomic E-state index is 14.8. The Morgan fingerprint density at radius 3 is 2.89 bits per heavy atom. The lowest BCUT2D eigenvalue weighted by atomic mass is 10.0. The molecule has 1 aliphatic rings. The first-order valence-electron chi connectivity index (χ1n) is 11.2. The number of anilines is 2. The van der Waals surface area contributed by atoms with Gasteiger partial charge in [-0.2, -0.15) is 4.98 Å². The summed E-state index contributed by atoms with van der Waals surface area (Å²) in [6.45, 7) is 1.67. The summed E-state index contributed by atoms with van der Waals surface area (Å²) < 4.78 is 48.2. The molecule has 0 aliphatic carbocycles. The quantitative estimate of drug-likeness (QED) is 0.381. The number of methoxy groups -OCH3 is 1. The van der Waals surface area contributed by atoms with E-state index >= 15 is 0 Å². The molecule has 4 aromatic heterocycles. The lowest BCUT2D eigenvalue weighted by Crippen LogP contribution is -2.48. The molecule has 3 N–H and O–H groups in total. The fourth-order valence-corrected chi connectivity index (χ4v) is 4.30. The second-order valence-corrected chi connectivity index (χ2v) is 8.39. The maximum atomic E-state index is 14.8. The Hall–Kier alpha value is -3.52. The second kappa shape index (κ2) is 9.62. The van der Waals surface area contributed by atoms with Gasteiger partial charge in [-0.05, 0) is 24.6 Å². The van der Waals surface area contributed by atoms with Crippen molar-refractivity contribution in [2.45, 2.75) is 31.6 Å². The van der Waals surface area contributed by atoms with Crippen molar-refractivity contribution in [3.63, 3.8) is 0 Å². The normalized spacial score (nSPS) is 19.2. The number of likely N-dealkylation sites (tertiary alicyclic amines) is 1. The van der Waals surface area contributed by atoms with E-state index < -0.39 is 25.2 Å². The summed E-state index contributed by atoms with van der Waals surface area (Å²) in [5, 5.41) is 15.2. The number of nitrogen functional groups attached to an aromatic ring is 1. The fourth-order valence-electron chi connectivity index (χ4n) is 4.30. The maximum Gasteiger partial charge on any atom is 0.258 e. The van der Waals surface area contributed by atoms with Crippen LogP contribution < -0.4 is 11.1 Å². The molecular weight excluding hydrogens is 465 g/mol. The Kier molecular flexibility index (Phi) is 6.38. The highest BCUT2D eigenvalue weighted by Gasteiger charge is 2.30. The van der Waals surface area contributed by atoms with Gasteiger partial charge in [0.1, 0.15) is 23.7 Å². The Bertz CT molecular complexity index is 1330. The van der Waals surface area contributed by atoms with Gasteiger partial charge < -0.3 is 15.8 Å². The van der Waals surface area contributed by atoms with E-state index in [1.165, 1.54) is 0 Å². The molecule has 5 heterocycles. The number of fused-ring (bicyclic) bond motifs is 2. The molecule has 186 valence electrons. The number of rotatable bonds is 8. The van der Waals surface area contributed by atoms with E-state index in [1.54, 1.807) is 36.0 Å². The molecule has 35 heavy (non-hydrogen) atoms. The number of pyridine rings is 1. The van der Waals surface area contributed by atoms with E-state index in [0.29, 0.717) is 48.4 Å². The molecule has 1 fully saturated rings. The van der Waals surface area contributed by atoms with Crippen molar-refractivity contribution >= 4 is 28.4 Å². The van der Waals surface area contributed by atoms with E-state index in [4.69, 9.17) is 10.5 Å². The molecule has 0 aromatic carbocycles. The Balaban J connectivity index is 1.39. The summed E-state index contributed by atoms with van der Waals surface area (Å²) in [4.78, 5) is 10.8. The van der Waals surface area contributed by atoms with E-state index in [0.717, 1.165) is 11.2 Å². The van der Waals surface area contributed by atoms with Crippen LogP contribution in [-0.4, -0.2) is 91.5 Å². The van der Waals surface area contributed by atoms with Gasteiger partial charge in [-0.25, -0.2) is 27.4 Å². The highest BCUT2D eigenvalue weighted by Crippen LogP contribution is 2.29. The zero-order valence-corrected chi connectivity index (χ0v) is 19.0. The third-order valence-electron chi connectivity index (χ3n) is 6.04. The average Bonchev–Trinajstić information content (AvgIpc) is 3.43. The predicted molar refractivity (Wildman–Crippen MR) is 123 cm³/mol. The van der Waals surface area contributed by atoms with Crippen LogP contribution in [0.25, 0.3) is 27.9 Å². The molecule has 0 amide bonds. The zero-order chi connectivity index (χ0) is 24.5. The van der Waals surface area contributed by atoms with Crippen LogP contribution in [0, 0.1) is 0 Å². The zero-order valence-electron chi connectivity index (χ0n) is 19.0. The van der Waals surface area contributed by atoms with Crippen molar-refractivity contribution in [2.24, 2.45) is 0 Å². The largest absolute Gasteiger partial charge is 0.383 e. The molecule has 4 aromatic rings. The standard InChI is InChI=1S/C21H25F3N10O/c1-35-9-8-32-6-5-15(13(22)10-32)27-21-28-19(25)18-12(4-7-33(18)30-21)14-2-3-16-20(26-14)34(31-29-16)11-17(23)24/h2-4,7,13,15,17H,5-6,8-11H2,1H3,(H3,25,27,28,30)/t13-,15+/m1/s1. The summed E-state index contributed by atoms with van der Waals surface area (Å²) in [7, 11) is 1.62. The first kappa shape index (κ1) is 23.2. The van der Waals surface area contributed by atoms with Crippen LogP contribution in [0.15, 0.2) is 24.4 Å². The summed E-state index contributed by atoms with van der Waals surface area (Å²) in [5.74, 6) is 0.398. The molecule has 5 rings (SSSR count). The van der Waals surface area contributed by atoms with E-state index in [-0.39, 0.29) is 17.4 Å². The van der Waals surface area contributed by atoms with Crippen LogP contribution in [0.3, 0.4) is 0 Å². The molecule has 14 heteroatoms. The van der Waals surface area contributed by atoms with Crippen molar-refractivity contribution in [2.75, 3.05) is 44.4 Å². The molecule has 0 saturated carbocycles. The van der Waals surface area contributed by atoms with Crippen molar-refractivity contribution in [3.05, 3.63) is 24.4 Å². The first-order valence-corrected chi connectivity index (χ1v) is 11.2. The minimum atomic E-state index is -2.59. The third kappa shape index (κ3) is 4.71. The van der Waals surface area contributed by atoms with Gasteiger partial charge in [-0.15, -0.1) is 10.2 Å². The van der Waals surface area contributed by atoms with Gasteiger partial charge in [0.25, 0.3) is 6.43 Å². The van der Waals surface area contributed by atoms with Crippen LogP contribution in [0.4, 0.5) is 24.9 Å². The number of halogens is 3. The van der Waals surface area contributed by atoms with Gasteiger partial charge in [0.2, 0.25) is 5.95 Å². The molecule has 1 saturated heterocycles. The second-order valence-electron chi connectivity index (χ2n) is 8.39. The Labute approximate surface area is 198 Å². The molecule has 0 spiro atoms. The SMILES string of the molecule is COCCN1CC[C@H](Nc2nc(N)c3c(-c4ccc5nnn(CC(F)F)c5n4)ccn3n2)[C@H](F)C1. The number of nitrogens with two attached hydrogens (primary N) is 1. The summed E-state index contributed by atoms with van der Waals surface area (Å²) in [5.41, 5.74) is 8.52. The predicted octanol–water partition coefficient (Wildman–Crippen LogP) is 1.85. The van der Waals surface area contributed by atoms with Crippen molar-refractivity contribution < 1.29 is 17.9 Å². The number of nitrogens with zero attached hydrogens (tertiary/aromatic N) is 8. The molecule has 11 nitrogen and oxygen atoms in total.